The van der Waals surface area contributed by atoms with Crippen LogP contribution >= 0.6 is 0 Å². The summed E-state index contributed by atoms with van der Waals surface area (Å²) < 4.78 is 10.0. The molecule has 3 aromatic rings. The van der Waals surface area contributed by atoms with Gasteiger partial charge in [-0.15, -0.1) is 0 Å². The topological polar surface area (TPSA) is 145 Å². The van der Waals surface area contributed by atoms with Crippen LogP contribution < -0.4 is 10.1 Å². The summed E-state index contributed by atoms with van der Waals surface area (Å²) in [6.07, 6.45) is 0.0449. The Balaban J connectivity index is 1.28. The fourth-order valence-corrected chi connectivity index (χ4v) is 3.97. The number of carbonyl (C=O) groups excluding carboxylic acids is 4. The molecule has 36 heavy (non-hydrogen) atoms. The van der Waals surface area contributed by atoms with Crippen molar-refractivity contribution in [3.8, 4) is 5.75 Å². The van der Waals surface area contributed by atoms with Gasteiger partial charge in [0, 0.05) is 35.5 Å². The minimum atomic E-state index is -0.680. The molecule has 3 amide bonds. The van der Waals surface area contributed by atoms with Gasteiger partial charge in [0.25, 0.3) is 23.4 Å². The SMILES string of the molecule is COc1cc([N+](=O)[O-])ccc1NC(=O)COC(=O)CCCN1C(=O)c2cccc3cccc(c23)C1=O. The zero-order valence-electron chi connectivity index (χ0n) is 19.2. The minimum Gasteiger partial charge on any atom is -0.494 e. The van der Waals surface area contributed by atoms with E-state index in [-0.39, 0.29) is 36.5 Å². The van der Waals surface area contributed by atoms with Gasteiger partial charge in [-0.3, -0.25) is 34.2 Å². The van der Waals surface area contributed by atoms with Gasteiger partial charge in [-0.05, 0) is 30.0 Å². The lowest BCUT2D eigenvalue weighted by atomic mass is 9.94. The van der Waals surface area contributed by atoms with Crippen LogP contribution in [0.4, 0.5) is 11.4 Å². The fourth-order valence-electron chi connectivity index (χ4n) is 3.97. The Morgan fingerprint density at radius 3 is 2.31 bits per heavy atom. The molecule has 1 N–H and O–H groups in total. The molecule has 1 aliphatic rings. The van der Waals surface area contributed by atoms with Gasteiger partial charge in [-0.2, -0.15) is 0 Å². The number of nitrogens with one attached hydrogen (secondary N) is 1. The summed E-state index contributed by atoms with van der Waals surface area (Å²) in [4.78, 5) is 61.4. The summed E-state index contributed by atoms with van der Waals surface area (Å²) in [6, 6.07) is 14.2. The first-order valence-corrected chi connectivity index (χ1v) is 11.0. The third-order valence-electron chi connectivity index (χ3n) is 5.65. The molecule has 0 spiro atoms. The standard InChI is InChI=1S/C25H21N3O8/c1-35-20-13-16(28(33)34)10-11-19(20)26-21(29)14-36-22(30)9-4-12-27-24(31)17-7-2-5-15-6-3-8-18(23(15)17)25(27)32/h2-3,5-8,10-11,13H,4,9,12,14H2,1H3,(H,26,29). The number of amides is 3. The number of ether oxygens (including phenoxy) is 2. The number of anilines is 1. The normalized spacial score (nSPS) is 12.4. The van der Waals surface area contributed by atoms with Crippen molar-refractivity contribution in [2.75, 3.05) is 25.6 Å². The first-order valence-electron chi connectivity index (χ1n) is 11.0. The molecule has 0 saturated heterocycles. The minimum absolute atomic E-state index is 0.0175. The van der Waals surface area contributed by atoms with Crippen molar-refractivity contribution in [3.05, 3.63) is 75.8 Å². The van der Waals surface area contributed by atoms with Crippen molar-refractivity contribution in [2.45, 2.75) is 12.8 Å². The van der Waals surface area contributed by atoms with Crippen LogP contribution in [0.2, 0.25) is 0 Å². The number of nitrogens with zero attached hydrogens (tertiary/aromatic N) is 2. The molecule has 3 aromatic carbocycles. The van der Waals surface area contributed by atoms with Crippen molar-refractivity contribution in [1.82, 2.24) is 4.90 Å². The van der Waals surface area contributed by atoms with Gasteiger partial charge in [-0.1, -0.05) is 24.3 Å². The summed E-state index contributed by atoms with van der Waals surface area (Å²) in [6.45, 7) is -0.570. The second kappa shape index (κ2) is 10.2. The van der Waals surface area contributed by atoms with E-state index in [4.69, 9.17) is 9.47 Å². The van der Waals surface area contributed by atoms with Crippen LogP contribution in [0.15, 0.2) is 54.6 Å². The van der Waals surface area contributed by atoms with Crippen molar-refractivity contribution in [3.63, 3.8) is 0 Å². The highest BCUT2D eigenvalue weighted by atomic mass is 16.6. The second-order valence-electron chi connectivity index (χ2n) is 7.93. The van der Waals surface area contributed by atoms with Crippen LogP contribution in [0.3, 0.4) is 0 Å². The van der Waals surface area contributed by atoms with E-state index in [1.165, 1.54) is 19.2 Å². The predicted molar refractivity (Wildman–Crippen MR) is 128 cm³/mol. The number of methoxy groups -OCH3 is 1. The van der Waals surface area contributed by atoms with Crippen LogP contribution in [-0.2, 0) is 14.3 Å². The smallest absolute Gasteiger partial charge is 0.306 e. The highest BCUT2D eigenvalue weighted by Crippen LogP contribution is 2.30. The number of nitro benzene ring substituents is 1. The molecule has 0 atom stereocenters. The van der Waals surface area contributed by atoms with Crippen molar-refractivity contribution in [2.24, 2.45) is 0 Å². The Hall–Kier alpha value is -4.80. The molecule has 0 aromatic heterocycles. The van der Waals surface area contributed by atoms with E-state index in [9.17, 15) is 29.3 Å². The first-order chi connectivity index (χ1) is 17.3. The number of rotatable bonds is 9. The molecule has 184 valence electrons. The Bertz CT molecular complexity index is 1350. The van der Waals surface area contributed by atoms with Crippen molar-refractivity contribution in [1.29, 1.82) is 0 Å². The average Bonchev–Trinajstić information content (AvgIpc) is 2.88. The zero-order chi connectivity index (χ0) is 25.8. The van der Waals surface area contributed by atoms with Crippen molar-refractivity contribution >= 4 is 45.8 Å². The molecule has 4 rings (SSSR count). The van der Waals surface area contributed by atoms with E-state index in [0.717, 1.165) is 16.4 Å². The lowest BCUT2D eigenvalue weighted by molar-refractivity contribution is -0.384. The van der Waals surface area contributed by atoms with Gasteiger partial charge in [0.15, 0.2) is 6.61 Å². The monoisotopic (exact) mass is 491 g/mol. The van der Waals surface area contributed by atoms with E-state index < -0.39 is 35.2 Å². The van der Waals surface area contributed by atoms with Gasteiger partial charge in [0.05, 0.1) is 23.8 Å². The van der Waals surface area contributed by atoms with E-state index in [1.54, 1.807) is 24.3 Å². The largest absolute Gasteiger partial charge is 0.494 e. The zero-order valence-corrected chi connectivity index (χ0v) is 19.2. The molecule has 11 nitrogen and oxygen atoms in total. The van der Waals surface area contributed by atoms with Gasteiger partial charge < -0.3 is 14.8 Å². The van der Waals surface area contributed by atoms with Crippen LogP contribution in [0, 0.1) is 10.1 Å². The fraction of sp³-hybridized carbons (Fsp3) is 0.200. The van der Waals surface area contributed by atoms with Crippen molar-refractivity contribution < 1.29 is 33.6 Å². The van der Waals surface area contributed by atoms with Gasteiger partial charge in [0.2, 0.25) is 0 Å². The maximum absolute atomic E-state index is 12.9. The maximum atomic E-state index is 12.9. The third kappa shape index (κ3) is 4.85. The van der Waals surface area contributed by atoms with Crippen LogP contribution in [0.5, 0.6) is 5.75 Å². The number of hydrogen-bond donors (Lipinski definition) is 1. The molecule has 0 aliphatic carbocycles. The predicted octanol–water partition coefficient (Wildman–Crippen LogP) is 3.31. The van der Waals surface area contributed by atoms with Gasteiger partial charge in [0.1, 0.15) is 5.75 Å². The molecule has 0 radical (unpaired) electrons. The highest BCUT2D eigenvalue weighted by Gasteiger charge is 2.32. The van der Waals surface area contributed by atoms with E-state index in [0.29, 0.717) is 16.5 Å². The molecule has 1 heterocycles. The molecule has 11 heteroatoms. The number of carbonyl (C=O) groups is 4. The van der Waals surface area contributed by atoms with Crippen LogP contribution in [0.1, 0.15) is 33.6 Å². The molecular formula is C25H21N3O8. The average molecular weight is 491 g/mol. The Kier molecular flexibility index (Phi) is 6.91. The number of hydrogen-bond acceptors (Lipinski definition) is 8. The van der Waals surface area contributed by atoms with Gasteiger partial charge >= 0.3 is 5.97 Å². The summed E-state index contributed by atoms with van der Waals surface area (Å²) >= 11 is 0. The Labute approximate surface area is 204 Å². The summed E-state index contributed by atoms with van der Waals surface area (Å²) in [5, 5.41) is 14.8. The quantitative estimate of drug-likeness (QED) is 0.208. The third-order valence-corrected chi connectivity index (χ3v) is 5.65. The lowest BCUT2D eigenvalue weighted by Gasteiger charge is -2.27. The summed E-state index contributed by atoms with van der Waals surface area (Å²) in [7, 11) is 1.30. The van der Waals surface area contributed by atoms with E-state index in [2.05, 4.69) is 5.32 Å². The highest BCUT2D eigenvalue weighted by molar-refractivity contribution is 6.25. The number of non-ortho nitro benzene ring substituents is 1. The molecule has 1 aliphatic heterocycles. The van der Waals surface area contributed by atoms with Crippen LogP contribution in [0.25, 0.3) is 10.8 Å². The molecule has 0 unspecified atom stereocenters. The molecule has 0 bridgehead atoms. The Morgan fingerprint density at radius 1 is 1.03 bits per heavy atom. The first kappa shape index (κ1) is 24.3. The molecular weight excluding hydrogens is 470 g/mol. The summed E-state index contributed by atoms with van der Waals surface area (Å²) in [5.74, 6) is -2.11. The van der Waals surface area contributed by atoms with E-state index in [1.807, 2.05) is 12.1 Å². The molecule has 0 saturated carbocycles. The summed E-state index contributed by atoms with van der Waals surface area (Å²) in [5.41, 5.74) is 0.843. The lowest BCUT2D eigenvalue weighted by Crippen LogP contribution is -2.41. The number of esters is 1. The maximum Gasteiger partial charge on any atom is 0.306 e. The van der Waals surface area contributed by atoms with Gasteiger partial charge in [-0.25, -0.2) is 0 Å². The number of imide groups is 1. The van der Waals surface area contributed by atoms with E-state index >= 15 is 0 Å². The second-order valence-corrected chi connectivity index (χ2v) is 7.93. The van der Waals surface area contributed by atoms with Crippen LogP contribution in [-0.4, -0.2) is 53.8 Å². The number of nitro groups is 1. The number of benzene rings is 3. The molecule has 0 fully saturated rings. The Morgan fingerprint density at radius 2 is 1.69 bits per heavy atom.